The van der Waals surface area contributed by atoms with Crippen LogP contribution in [0.25, 0.3) is 0 Å². The summed E-state index contributed by atoms with van der Waals surface area (Å²) in [5.74, 6) is 0. The van der Waals surface area contributed by atoms with Gasteiger partial charge in [0.05, 0.1) is 0 Å². The van der Waals surface area contributed by atoms with Crippen LogP contribution >= 0.6 is 11.2 Å². The zero-order chi connectivity index (χ0) is 7.61. The second-order valence-corrected chi connectivity index (χ2v) is 12.1. The first-order chi connectivity index (χ1) is 4.58. The van der Waals surface area contributed by atoms with Crippen LogP contribution in [0, 0.1) is 0 Å². The van der Waals surface area contributed by atoms with Crippen LogP contribution < -0.4 is 0 Å². The van der Waals surface area contributed by atoms with E-state index in [0.717, 1.165) is 5.16 Å². The maximum Gasteiger partial charge on any atom is 0.202 e. The van der Waals surface area contributed by atoms with Gasteiger partial charge in [0, 0.05) is 0 Å². The van der Waals surface area contributed by atoms with Crippen LogP contribution in [-0.4, -0.2) is 22.4 Å². The monoisotopic (exact) mass is 173 g/mol. The Balaban J connectivity index is 2.57. The van der Waals surface area contributed by atoms with E-state index in [-0.39, 0.29) is 0 Å². The van der Waals surface area contributed by atoms with Gasteiger partial charge in [-0.2, -0.15) is 0 Å². The molecule has 1 N–H and O–H groups in total. The third-order valence-corrected chi connectivity index (χ3v) is 4.17. The summed E-state index contributed by atoms with van der Waals surface area (Å²) in [4.78, 5) is 4.03. The Kier molecular flexibility index (Phi) is 2.15. The van der Waals surface area contributed by atoms with Gasteiger partial charge < -0.3 is 0 Å². The Bertz CT molecular complexity index is 191. The average Bonchev–Trinajstić information content (AvgIpc) is 2.12. The van der Waals surface area contributed by atoms with Gasteiger partial charge in [-0.3, -0.25) is 5.10 Å². The molecule has 0 fully saturated rings. The molecule has 0 spiro atoms. The van der Waals surface area contributed by atoms with Gasteiger partial charge in [0.2, 0.25) is 5.16 Å². The first-order valence-electron chi connectivity index (χ1n) is 3.13. The molecular weight excluding hydrogens is 162 g/mol. The molecule has 10 heavy (non-hydrogen) atoms. The van der Waals surface area contributed by atoms with Crippen molar-refractivity contribution in [2.75, 3.05) is 0 Å². The molecule has 0 aliphatic heterocycles. The van der Waals surface area contributed by atoms with Crippen LogP contribution in [0.3, 0.4) is 0 Å². The average molecular weight is 173 g/mol. The quantitative estimate of drug-likeness (QED) is 0.693. The topological polar surface area (TPSA) is 41.6 Å². The number of nitrogens with zero attached hydrogens (tertiary/aromatic N) is 2. The highest BCUT2D eigenvalue weighted by Crippen LogP contribution is 2.24. The van der Waals surface area contributed by atoms with Gasteiger partial charge in [-0.15, -0.1) is 16.3 Å². The molecule has 0 bridgehead atoms. The third-order valence-electron chi connectivity index (χ3n) is 0.790. The molecule has 0 radical (unpaired) electrons. The molecule has 0 amide bonds. The van der Waals surface area contributed by atoms with E-state index in [1.165, 1.54) is 0 Å². The first-order valence-corrected chi connectivity index (χ1v) is 8.17. The predicted molar refractivity (Wildman–Crippen MR) is 45.6 cm³/mol. The Morgan fingerprint density at radius 3 is 2.60 bits per heavy atom. The Hall–Kier alpha value is -0.293. The van der Waals surface area contributed by atoms with E-state index in [1.54, 1.807) is 17.5 Å². The predicted octanol–water partition coefficient (Wildman–Crippen LogP) is 1.73. The summed E-state index contributed by atoms with van der Waals surface area (Å²) in [6.45, 7) is 6.82. The molecule has 0 saturated heterocycles. The van der Waals surface area contributed by atoms with Crippen molar-refractivity contribution >= 4 is 18.4 Å². The van der Waals surface area contributed by atoms with Gasteiger partial charge >= 0.3 is 0 Å². The molecule has 56 valence electrons. The summed E-state index contributed by atoms with van der Waals surface area (Å²) < 4.78 is 0. The molecule has 0 aliphatic rings. The van der Waals surface area contributed by atoms with E-state index in [2.05, 4.69) is 34.8 Å². The van der Waals surface area contributed by atoms with Gasteiger partial charge in [0.1, 0.15) is 13.6 Å². The van der Waals surface area contributed by atoms with Crippen LogP contribution in [0.4, 0.5) is 0 Å². The number of aromatic nitrogens is 3. The first kappa shape index (κ1) is 7.81. The Labute approximate surface area is 65.3 Å². The highest BCUT2D eigenvalue weighted by atomic mass is 32.4. The molecule has 1 rings (SSSR count). The SMILES string of the molecule is C[Si](C)(C)Sc1nc[nH]n1. The maximum atomic E-state index is 4.03. The van der Waals surface area contributed by atoms with Crippen molar-refractivity contribution in [1.29, 1.82) is 0 Å². The van der Waals surface area contributed by atoms with E-state index in [0.29, 0.717) is 0 Å². The van der Waals surface area contributed by atoms with Crippen molar-refractivity contribution in [2.24, 2.45) is 0 Å². The van der Waals surface area contributed by atoms with Crippen molar-refractivity contribution < 1.29 is 0 Å². The molecule has 0 saturated carbocycles. The van der Waals surface area contributed by atoms with E-state index in [9.17, 15) is 0 Å². The number of hydrogen-bond acceptors (Lipinski definition) is 3. The number of nitrogens with one attached hydrogen (secondary N) is 1. The van der Waals surface area contributed by atoms with Gasteiger partial charge in [-0.25, -0.2) is 4.98 Å². The van der Waals surface area contributed by atoms with Gasteiger partial charge in [0.25, 0.3) is 0 Å². The van der Waals surface area contributed by atoms with E-state index >= 15 is 0 Å². The minimum Gasteiger partial charge on any atom is -0.265 e. The Morgan fingerprint density at radius 2 is 2.20 bits per heavy atom. The lowest BCUT2D eigenvalue weighted by Gasteiger charge is -2.10. The third kappa shape index (κ3) is 2.53. The normalized spacial score (nSPS) is 11.9. The highest BCUT2D eigenvalue weighted by Gasteiger charge is 2.16. The van der Waals surface area contributed by atoms with Gasteiger partial charge in [-0.1, -0.05) is 19.6 Å². The van der Waals surface area contributed by atoms with Crippen molar-refractivity contribution in [2.45, 2.75) is 24.8 Å². The van der Waals surface area contributed by atoms with Crippen molar-refractivity contribution in [1.82, 2.24) is 15.2 Å². The van der Waals surface area contributed by atoms with Crippen LogP contribution in [0.2, 0.25) is 19.6 Å². The smallest absolute Gasteiger partial charge is 0.202 e. The van der Waals surface area contributed by atoms with E-state index < -0.39 is 7.22 Å². The molecule has 5 heteroatoms. The molecule has 0 aliphatic carbocycles. The van der Waals surface area contributed by atoms with Gasteiger partial charge in [-0.05, 0) is 0 Å². The molecule has 1 aromatic rings. The van der Waals surface area contributed by atoms with Crippen LogP contribution in [0.1, 0.15) is 0 Å². The van der Waals surface area contributed by atoms with Crippen LogP contribution in [-0.2, 0) is 0 Å². The van der Waals surface area contributed by atoms with Gasteiger partial charge in [0.15, 0.2) is 0 Å². The standard InChI is InChI=1S/C5H11N3SSi/c1-10(2,3)9-5-6-4-7-8-5/h4H,1-3H3,(H,6,7,8). The summed E-state index contributed by atoms with van der Waals surface area (Å²) in [6, 6.07) is 0. The van der Waals surface area contributed by atoms with E-state index in [1.807, 2.05) is 0 Å². The zero-order valence-corrected chi connectivity index (χ0v) is 8.20. The summed E-state index contributed by atoms with van der Waals surface area (Å²) in [6.07, 6.45) is 1.61. The molecule has 1 aromatic heterocycles. The molecule has 0 unspecified atom stereocenters. The molecular formula is C5H11N3SSi. The number of hydrogen-bond donors (Lipinski definition) is 1. The fourth-order valence-corrected chi connectivity index (χ4v) is 3.21. The molecule has 3 nitrogen and oxygen atoms in total. The van der Waals surface area contributed by atoms with Crippen LogP contribution in [0.15, 0.2) is 11.5 Å². The van der Waals surface area contributed by atoms with Crippen molar-refractivity contribution in [3.05, 3.63) is 6.33 Å². The minimum absolute atomic E-state index is 0.874. The summed E-state index contributed by atoms with van der Waals surface area (Å²) in [7, 11) is -1.09. The van der Waals surface area contributed by atoms with Crippen molar-refractivity contribution in [3.63, 3.8) is 0 Å². The fraction of sp³-hybridized carbons (Fsp3) is 0.600. The largest absolute Gasteiger partial charge is 0.265 e. The molecule has 0 aromatic carbocycles. The lowest BCUT2D eigenvalue weighted by atomic mass is 11.3. The molecule has 1 heterocycles. The zero-order valence-electron chi connectivity index (χ0n) is 6.38. The number of aromatic amines is 1. The number of rotatable bonds is 2. The highest BCUT2D eigenvalue weighted by molar-refractivity contribution is 8.28. The summed E-state index contributed by atoms with van der Waals surface area (Å²) in [5, 5.41) is 7.53. The minimum atomic E-state index is -1.09. The second kappa shape index (κ2) is 2.75. The maximum absolute atomic E-state index is 4.03. The lowest BCUT2D eigenvalue weighted by Crippen LogP contribution is -2.13. The van der Waals surface area contributed by atoms with Crippen LogP contribution in [0.5, 0.6) is 0 Å². The van der Waals surface area contributed by atoms with Crippen molar-refractivity contribution in [3.8, 4) is 0 Å². The number of H-pyrrole nitrogens is 1. The molecule has 0 atom stereocenters. The van der Waals surface area contributed by atoms with E-state index in [4.69, 9.17) is 0 Å². The lowest BCUT2D eigenvalue weighted by molar-refractivity contribution is 0.978. The Morgan fingerprint density at radius 1 is 1.50 bits per heavy atom. The second-order valence-electron chi connectivity index (χ2n) is 3.00. The summed E-state index contributed by atoms with van der Waals surface area (Å²) >= 11 is 1.79. The summed E-state index contributed by atoms with van der Waals surface area (Å²) in [5.41, 5.74) is 0. The fourth-order valence-electron chi connectivity index (χ4n) is 0.520.